The first kappa shape index (κ1) is 19.2. The average molecular weight is 325 g/mol. The molecule has 0 radical (unpaired) electrons. The van der Waals surface area contributed by atoms with Crippen LogP contribution in [0.4, 0.5) is 0 Å². The number of aromatic nitrogens is 2. The predicted molar refractivity (Wildman–Crippen MR) is 85.5 cm³/mol. The molecule has 1 aromatic rings. The Balaban J connectivity index is 2.22. The number of nitrogens with zero attached hydrogens (tertiary/aromatic N) is 2. The van der Waals surface area contributed by atoms with Crippen LogP contribution in [-0.4, -0.2) is 29.7 Å². The van der Waals surface area contributed by atoms with E-state index < -0.39 is 0 Å². The van der Waals surface area contributed by atoms with E-state index in [1.807, 2.05) is 55.6 Å². The maximum absolute atomic E-state index is 11.4. The number of carbonyl (C=O) groups excluding carboxylic acids is 2. The van der Waals surface area contributed by atoms with Crippen LogP contribution in [0.5, 0.6) is 0 Å². The Hall–Kier alpha value is -1.85. The summed E-state index contributed by atoms with van der Waals surface area (Å²) in [5.74, 6) is 0.318. The van der Waals surface area contributed by atoms with E-state index in [1.165, 1.54) is 0 Å². The Labute approximate surface area is 138 Å². The van der Waals surface area contributed by atoms with Gasteiger partial charge in [0.2, 0.25) is 6.33 Å². The van der Waals surface area contributed by atoms with Gasteiger partial charge in [-0.25, -0.2) is 9.13 Å². The lowest BCUT2D eigenvalue weighted by atomic mass is 10.1. The van der Waals surface area contributed by atoms with Gasteiger partial charge in [-0.2, -0.15) is 0 Å². The minimum Gasteiger partial charge on any atom is -0.461 e. The molecule has 0 spiro atoms. The molecule has 23 heavy (non-hydrogen) atoms. The molecule has 6 heteroatoms. The summed E-state index contributed by atoms with van der Waals surface area (Å²) in [6.07, 6.45) is 6.63. The maximum Gasteiger partial charge on any atom is 0.306 e. The third-order valence-electron chi connectivity index (χ3n) is 3.12. The van der Waals surface area contributed by atoms with Crippen LogP contribution < -0.4 is 4.57 Å². The number of hydrogen-bond donors (Lipinski definition) is 0. The topological polar surface area (TPSA) is 61.4 Å². The second kappa shape index (κ2) is 10.0. The molecule has 130 valence electrons. The van der Waals surface area contributed by atoms with E-state index in [9.17, 15) is 9.59 Å². The van der Waals surface area contributed by atoms with Gasteiger partial charge in [0, 0.05) is 12.8 Å². The number of ether oxygens (including phenoxy) is 2. The van der Waals surface area contributed by atoms with E-state index in [4.69, 9.17) is 9.47 Å². The molecule has 0 aliphatic carbocycles. The van der Waals surface area contributed by atoms with Gasteiger partial charge in [-0.05, 0) is 11.8 Å². The second-order valence-corrected chi connectivity index (χ2v) is 6.53. The molecule has 0 aliphatic rings. The van der Waals surface area contributed by atoms with Crippen LogP contribution in [0.3, 0.4) is 0 Å². The minimum atomic E-state index is -0.155. The Morgan fingerprint density at radius 1 is 1.00 bits per heavy atom. The third kappa shape index (κ3) is 9.01. The maximum atomic E-state index is 11.4. The molecule has 0 amide bonds. The molecule has 0 aromatic carbocycles. The first-order chi connectivity index (χ1) is 10.9. The third-order valence-corrected chi connectivity index (χ3v) is 3.12. The summed E-state index contributed by atoms with van der Waals surface area (Å²) in [5, 5.41) is 0. The average Bonchev–Trinajstić information content (AvgIpc) is 2.84. The second-order valence-electron chi connectivity index (χ2n) is 6.53. The smallest absolute Gasteiger partial charge is 0.306 e. The largest absolute Gasteiger partial charge is 0.461 e. The molecule has 1 aromatic heterocycles. The van der Waals surface area contributed by atoms with Crippen molar-refractivity contribution in [2.45, 2.75) is 53.6 Å². The lowest BCUT2D eigenvalue weighted by Gasteiger charge is -2.05. The van der Waals surface area contributed by atoms with E-state index in [2.05, 4.69) is 0 Å². The fourth-order valence-corrected chi connectivity index (χ4v) is 2.02. The summed E-state index contributed by atoms with van der Waals surface area (Å²) in [4.78, 5) is 22.9. The predicted octanol–water partition coefficient (Wildman–Crippen LogP) is 1.95. The quantitative estimate of drug-likeness (QED) is 0.487. The molecule has 0 fully saturated rings. The molecule has 1 rings (SSSR count). The highest BCUT2D eigenvalue weighted by atomic mass is 16.5. The van der Waals surface area contributed by atoms with Gasteiger partial charge >= 0.3 is 11.9 Å². The van der Waals surface area contributed by atoms with Crippen LogP contribution in [0.15, 0.2) is 18.7 Å². The van der Waals surface area contributed by atoms with Crippen LogP contribution in [0.2, 0.25) is 0 Å². The van der Waals surface area contributed by atoms with E-state index in [-0.39, 0.29) is 11.9 Å². The van der Waals surface area contributed by atoms with Crippen LogP contribution in [-0.2, 0) is 32.2 Å². The van der Waals surface area contributed by atoms with Gasteiger partial charge in [-0.3, -0.25) is 9.59 Å². The van der Waals surface area contributed by atoms with Gasteiger partial charge in [-0.15, -0.1) is 0 Å². The van der Waals surface area contributed by atoms with Crippen molar-refractivity contribution in [2.24, 2.45) is 11.8 Å². The highest BCUT2D eigenvalue weighted by molar-refractivity contribution is 5.69. The fraction of sp³-hybridized carbons (Fsp3) is 0.706. The number of esters is 2. The van der Waals surface area contributed by atoms with E-state index in [0.29, 0.717) is 51.0 Å². The SMILES string of the molecule is CC(C)CC(=O)OCCn1cc[n+](CCOC(=O)CC(C)C)c1. The number of hydrogen-bond acceptors (Lipinski definition) is 4. The molecule has 6 nitrogen and oxygen atoms in total. The minimum absolute atomic E-state index is 0.155. The molecule has 0 aliphatic heterocycles. The fourth-order valence-electron chi connectivity index (χ4n) is 2.02. The van der Waals surface area contributed by atoms with Gasteiger partial charge < -0.3 is 9.47 Å². The van der Waals surface area contributed by atoms with E-state index in [0.717, 1.165) is 0 Å². The standard InChI is InChI=1S/C17H29N2O4/c1-14(2)11-16(20)22-9-7-18-5-6-19(13-18)8-10-23-17(21)12-15(3)4/h5-6,13-15H,7-12H2,1-4H3/q+1. The zero-order valence-corrected chi connectivity index (χ0v) is 14.7. The highest BCUT2D eigenvalue weighted by Crippen LogP contribution is 2.01. The molecule has 1 heterocycles. The zero-order chi connectivity index (χ0) is 17.2. The van der Waals surface area contributed by atoms with Crippen molar-refractivity contribution in [3.63, 3.8) is 0 Å². The van der Waals surface area contributed by atoms with Crippen LogP contribution in [0.25, 0.3) is 0 Å². The number of carbonyl (C=O) groups is 2. The monoisotopic (exact) mass is 325 g/mol. The molecular weight excluding hydrogens is 296 g/mol. The molecule has 0 bridgehead atoms. The molecule has 0 atom stereocenters. The van der Waals surface area contributed by atoms with Crippen LogP contribution in [0.1, 0.15) is 40.5 Å². The van der Waals surface area contributed by atoms with E-state index >= 15 is 0 Å². The van der Waals surface area contributed by atoms with Gasteiger partial charge in [-0.1, -0.05) is 27.7 Å². The van der Waals surface area contributed by atoms with Crippen molar-refractivity contribution < 1.29 is 23.6 Å². The first-order valence-corrected chi connectivity index (χ1v) is 8.23. The summed E-state index contributed by atoms with van der Waals surface area (Å²) >= 11 is 0. The summed E-state index contributed by atoms with van der Waals surface area (Å²) in [7, 11) is 0. The Morgan fingerprint density at radius 2 is 1.57 bits per heavy atom. The summed E-state index contributed by atoms with van der Waals surface area (Å²) in [6.45, 7) is 9.92. The lowest BCUT2D eigenvalue weighted by Crippen LogP contribution is -2.34. The normalized spacial score (nSPS) is 11.0. The summed E-state index contributed by atoms with van der Waals surface area (Å²) < 4.78 is 14.2. The van der Waals surface area contributed by atoms with Crippen molar-refractivity contribution >= 4 is 11.9 Å². The van der Waals surface area contributed by atoms with Gasteiger partial charge in [0.15, 0.2) is 0 Å². The van der Waals surface area contributed by atoms with Gasteiger partial charge in [0.25, 0.3) is 0 Å². The molecular formula is C17H29N2O4+. The summed E-state index contributed by atoms with van der Waals surface area (Å²) in [5.41, 5.74) is 0. The van der Waals surface area contributed by atoms with Crippen molar-refractivity contribution in [3.05, 3.63) is 18.7 Å². The molecule has 0 unspecified atom stereocenters. The van der Waals surface area contributed by atoms with Gasteiger partial charge in [0.05, 0.1) is 0 Å². The Bertz CT molecular complexity index is 452. The Morgan fingerprint density at radius 3 is 2.13 bits per heavy atom. The van der Waals surface area contributed by atoms with Crippen LogP contribution in [0, 0.1) is 11.8 Å². The van der Waals surface area contributed by atoms with E-state index in [1.54, 1.807) is 0 Å². The Kier molecular flexibility index (Phi) is 8.37. The van der Waals surface area contributed by atoms with Gasteiger partial charge in [0.1, 0.15) is 38.7 Å². The van der Waals surface area contributed by atoms with Crippen molar-refractivity contribution in [2.75, 3.05) is 13.2 Å². The molecule has 0 saturated heterocycles. The van der Waals surface area contributed by atoms with Crippen molar-refractivity contribution in [1.82, 2.24) is 4.57 Å². The summed E-state index contributed by atoms with van der Waals surface area (Å²) in [6, 6.07) is 0. The zero-order valence-electron chi connectivity index (χ0n) is 14.7. The molecule has 0 N–H and O–H groups in total. The molecule has 0 saturated carbocycles. The number of rotatable bonds is 10. The van der Waals surface area contributed by atoms with Crippen LogP contribution >= 0.6 is 0 Å². The first-order valence-electron chi connectivity index (χ1n) is 8.23. The van der Waals surface area contributed by atoms with Crippen molar-refractivity contribution in [3.8, 4) is 0 Å². The number of imidazole rings is 1. The lowest BCUT2D eigenvalue weighted by molar-refractivity contribution is -0.697. The van der Waals surface area contributed by atoms with Crippen molar-refractivity contribution in [1.29, 1.82) is 0 Å². The highest BCUT2D eigenvalue weighted by Gasteiger charge is 2.09.